The molecule has 21 heavy (non-hydrogen) atoms. The molecule has 3 N–H and O–H groups in total. The predicted molar refractivity (Wildman–Crippen MR) is 86.0 cm³/mol. The fraction of sp³-hybridized carbons (Fsp3) is 0.588. The van der Waals surface area contributed by atoms with E-state index in [1.165, 1.54) is 44.2 Å². The second kappa shape index (κ2) is 5.96. The van der Waals surface area contributed by atoms with Gasteiger partial charge in [-0.2, -0.15) is 0 Å². The maximum absolute atomic E-state index is 8.84. The first-order valence-corrected chi connectivity index (χ1v) is 8.06. The van der Waals surface area contributed by atoms with E-state index in [9.17, 15) is 0 Å². The lowest BCUT2D eigenvalue weighted by Crippen LogP contribution is -2.46. The molecule has 1 aliphatic carbocycles. The highest BCUT2D eigenvalue weighted by atomic mass is 16.4. The van der Waals surface area contributed by atoms with Crippen LogP contribution in [0.15, 0.2) is 23.4 Å². The summed E-state index contributed by atoms with van der Waals surface area (Å²) in [6, 6.07) is 7.00. The largest absolute Gasteiger partial charge is 0.409 e. The molecule has 2 unspecified atom stereocenters. The van der Waals surface area contributed by atoms with Gasteiger partial charge >= 0.3 is 0 Å². The maximum Gasteiger partial charge on any atom is 0.170 e. The lowest BCUT2D eigenvalue weighted by atomic mass is 9.78. The first kappa shape index (κ1) is 14.2. The van der Waals surface area contributed by atoms with Gasteiger partial charge in [-0.1, -0.05) is 18.0 Å². The molecule has 2 aliphatic rings. The Hall–Kier alpha value is -1.71. The summed E-state index contributed by atoms with van der Waals surface area (Å²) >= 11 is 0. The number of benzene rings is 1. The molecule has 0 radical (unpaired) electrons. The molecule has 1 saturated heterocycles. The molecule has 4 heteroatoms. The Bertz CT molecular complexity index is 539. The van der Waals surface area contributed by atoms with Crippen molar-refractivity contribution in [2.45, 2.75) is 51.5 Å². The van der Waals surface area contributed by atoms with Gasteiger partial charge in [0.2, 0.25) is 0 Å². The van der Waals surface area contributed by atoms with E-state index in [0.717, 1.165) is 23.6 Å². The third-order valence-electron chi connectivity index (χ3n) is 5.17. The number of hydrogen-bond acceptors (Lipinski definition) is 3. The van der Waals surface area contributed by atoms with E-state index in [-0.39, 0.29) is 5.84 Å². The zero-order valence-corrected chi connectivity index (χ0v) is 12.8. The summed E-state index contributed by atoms with van der Waals surface area (Å²) in [5.74, 6) is 1.06. The molecule has 1 saturated carbocycles. The second-order valence-corrected chi connectivity index (χ2v) is 6.43. The topological polar surface area (TPSA) is 61.8 Å². The van der Waals surface area contributed by atoms with E-state index >= 15 is 0 Å². The SMILES string of the molecule is Cc1cc(N2CCCC3CCCCC32)ccc1/C(N)=N/O. The second-order valence-electron chi connectivity index (χ2n) is 6.43. The van der Waals surface area contributed by atoms with Crippen LogP contribution in [0.25, 0.3) is 0 Å². The molecule has 1 aromatic rings. The minimum absolute atomic E-state index is 0.188. The van der Waals surface area contributed by atoms with Gasteiger partial charge in [-0.3, -0.25) is 0 Å². The molecule has 2 atom stereocenters. The highest BCUT2D eigenvalue weighted by molar-refractivity contribution is 5.98. The number of hydrogen-bond donors (Lipinski definition) is 2. The standard InChI is InChI=1S/C17H25N3O/c1-12-11-14(8-9-15(12)17(18)19-21)20-10-4-6-13-5-2-3-7-16(13)20/h8-9,11,13,16,21H,2-7,10H2,1H3,(H2,18,19). The lowest BCUT2D eigenvalue weighted by molar-refractivity contribution is 0.244. The van der Waals surface area contributed by atoms with E-state index in [1.54, 1.807) is 0 Å². The van der Waals surface area contributed by atoms with E-state index in [1.807, 2.05) is 13.0 Å². The zero-order valence-electron chi connectivity index (χ0n) is 12.8. The summed E-state index contributed by atoms with van der Waals surface area (Å²) in [5.41, 5.74) is 8.89. The number of nitrogens with zero attached hydrogens (tertiary/aromatic N) is 2. The van der Waals surface area contributed by atoms with Crippen LogP contribution in [-0.2, 0) is 0 Å². The number of piperidine rings is 1. The summed E-state index contributed by atoms with van der Waals surface area (Å²) < 4.78 is 0. The Labute approximate surface area is 126 Å². The normalized spacial score (nSPS) is 26.5. The smallest absolute Gasteiger partial charge is 0.170 e. The average Bonchev–Trinajstić information content (AvgIpc) is 2.53. The molecular weight excluding hydrogens is 262 g/mol. The Kier molecular flexibility index (Phi) is 4.04. The molecule has 3 rings (SSSR count). The zero-order chi connectivity index (χ0) is 14.8. The van der Waals surface area contributed by atoms with Crippen molar-refractivity contribution in [3.63, 3.8) is 0 Å². The summed E-state index contributed by atoms with van der Waals surface area (Å²) in [6.07, 6.45) is 8.16. The van der Waals surface area contributed by atoms with E-state index < -0.39 is 0 Å². The number of anilines is 1. The van der Waals surface area contributed by atoms with Crippen LogP contribution >= 0.6 is 0 Å². The number of amidine groups is 1. The van der Waals surface area contributed by atoms with Crippen molar-refractivity contribution < 1.29 is 5.21 Å². The van der Waals surface area contributed by atoms with Gasteiger partial charge in [-0.15, -0.1) is 0 Å². The first-order chi connectivity index (χ1) is 10.2. The van der Waals surface area contributed by atoms with Gasteiger partial charge in [-0.25, -0.2) is 0 Å². The molecule has 1 heterocycles. The van der Waals surface area contributed by atoms with Crippen LogP contribution < -0.4 is 10.6 Å². The van der Waals surface area contributed by atoms with E-state index in [2.05, 4.69) is 22.2 Å². The first-order valence-electron chi connectivity index (χ1n) is 8.06. The molecule has 114 valence electrons. The molecule has 4 nitrogen and oxygen atoms in total. The molecule has 0 amide bonds. The molecule has 2 fully saturated rings. The number of nitrogens with two attached hydrogens (primary N) is 1. The van der Waals surface area contributed by atoms with Crippen LogP contribution in [0.3, 0.4) is 0 Å². The van der Waals surface area contributed by atoms with Crippen LogP contribution in [0.2, 0.25) is 0 Å². The predicted octanol–water partition coefficient (Wildman–Crippen LogP) is 3.25. The number of oxime groups is 1. The van der Waals surface area contributed by atoms with Crippen molar-refractivity contribution in [2.75, 3.05) is 11.4 Å². The van der Waals surface area contributed by atoms with Gasteiger partial charge in [0.15, 0.2) is 5.84 Å². The van der Waals surface area contributed by atoms with Crippen LogP contribution in [0, 0.1) is 12.8 Å². The third kappa shape index (κ3) is 2.71. The minimum Gasteiger partial charge on any atom is -0.409 e. The van der Waals surface area contributed by atoms with Gasteiger partial charge in [0.05, 0.1) is 0 Å². The molecule has 0 spiro atoms. The maximum atomic E-state index is 8.84. The summed E-state index contributed by atoms with van der Waals surface area (Å²) in [6.45, 7) is 3.18. The van der Waals surface area contributed by atoms with Crippen molar-refractivity contribution >= 4 is 11.5 Å². The fourth-order valence-electron chi connectivity index (χ4n) is 4.11. The van der Waals surface area contributed by atoms with Crippen molar-refractivity contribution in [1.82, 2.24) is 0 Å². The van der Waals surface area contributed by atoms with Gasteiger partial charge in [-0.05, 0) is 62.3 Å². The molecular formula is C17H25N3O. The van der Waals surface area contributed by atoms with Crippen molar-refractivity contribution in [3.05, 3.63) is 29.3 Å². The van der Waals surface area contributed by atoms with Crippen molar-refractivity contribution in [3.8, 4) is 0 Å². The highest BCUT2D eigenvalue weighted by Crippen LogP contribution is 2.38. The number of fused-ring (bicyclic) bond motifs is 1. The summed E-state index contributed by atoms with van der Waals surface area (Å²) in [7, 11) is 0. The van der Waals surface area contributed by atoms with Crippen LogP contribution in [0.5, 0.6) is 0 Å². The van der Waals surface area contributed by atoms with Crippen molar-refractivity contribution in [2.24, 2.45) is 16.8 Å². The van der Waals surface area contributed by atoms with Gasteiger partial charge in [0.25, 0.3) is 0 Å². The van der Waals surface area contributed by atoms with Gasteiger partial charge in [0, 0.05) is 23.8 Å². The Morgan fingerprint density at radius 2 is 2.00 bits per heavy atom. The molecule has 0 bridgehead atoms. The quantitative estimate of drug-likeness (QED) is 0.380. The average molecular weight is 287 g/mol. The van der Waals surface area contributed by atoms with Crippen LogP contribution in [0.4, 0.5) is 5.69 Å². The Morgan fingerprint density at radius 1 is 1.24 bits per heavy atom. The minimum atomic E-state index is 0.188. The number of aryl methyl sites for hydroxylation is 1. The monoisotopic (exact) mass is 287 g/mol. The van der Waals surface area contributed by atoms with E-state index in [0.29, 0.717) is 6.04 Å². The molecule has 1 aromatic carbocycles. The van der Waals surface area contributed by atoms with Crippen LogP contribution in [-0.4, -0.2) is 23.6 Å². The summed E-state index contributed by atoms with van der Waals surface area (Å²) in [4.78, 5) is 2.59. The molecule has 0 aromatic heterocycles. The van der Waals surface area contributed by atoms with E-state index in [4.69, 9.17) is 10.9 Å². The molecule has 1 aliphatic heterocycles. The Balaban J connectivity index is 1.87. The van der Waals surface area contributed by atoms with Crippen molar-refractivity contribution in [1.29, 1.82) is 0 Å². The summed E-state index contributed by atoms with van der Waals surface area (Å²) in [5, 5.41) is 11.9. The van der Waals surface area contributed by atoms with Crippen LogP contribution in [0.1, 0.15) is 49.7 Å². The Morgan fingerprint density at radius 3 is 2.76 bits per heavy atom. The lowest BCUT2D eigenvalue weighted by Gasteiger charge is -2.45. The fourth-order valence-corrected chi connectivity index (χ4v) is 4.11. The van der Waals surface area contributed by atoms with Gasteiger partial charge in [0.1, 0.15) is 0 Å². The van der Waals surface area contributed by atoms with Gasteiger partial charge < -0.3 is 15.8 Å². The number of rotatable bonds is 2. The highest BCUT2D eigenvalue weighted by Gasteiger charge is 2.33. The third-order valence-corrected chi connectivity index (χ3v) is 5.17.